The van der Waals surface area contributed by atoms with Crippen molar-refractivity contribution in [3.05, 3.63) is 60.2 Å². The molecule has 2 aromatic carbocycles. The zero-order valence-electron chi connectivity index (χ0n) is 20.5. The quantitative estimate of drug-likeness (QED) is 0.350. The molecule has 0 spiro atoms. The van der Waals surface area contributed by atoms with Gasteiger partial charge in [0, 0.05) is 11.5 Å². The molecular weight excluding hydrogens is 438 g/mol. The van der Waals surface area contributed by atoms with Gasteiger partial charge in [0.2, 0.25) is 0 Å². The number of ether oxygens (including phenoxy) is 2. The molecule has 0 saturated heterocycles. The highest BCUT2D eigenvalue weighted by atomic mass is 16.5. The summed E-state index contributed by atoms with van der Waals surface area (Å²) in [7, 11) is 0. The first-order chi connectivity index (χ1) is 17.2. The smallest absolute Gasteiger partial charge is 0.320 e. The van der Waals surface area contributed by atoms with Gasteiger partial charge in [0.1, 0.15) is 17.6 Å². The normalized spacial score (nSPS) is 19.0. The van der Waals surface area contributed by atoms with Crippen LogP contribution in [0.25, 0.3) is 22.8 Å². The van der Waals surface area contributed by atoms with E-state index in [2.05, 4.69) is 37.0 Å². The molecule has 1 N–H and O–H groups in total. The molecule has 3 aromatic rings. The van der Waals surface area contributed by atoms with Crippen LogP contribution in [0.2, 0.25) is 0 Å². The van der Waals surface area contributed by atoms with Gasteiger partial charge in [-0.05, 0) is 49.5 Å². The molecule has 0 fully saturated rings. The van der Waals surface area contributed by atoms with E-state index in [1.54, 1.807) is 18.2 Å². The molecule has 1 aromatic heterocycles. The molecule has 1 aliphatic heterocycles. The van der Waals surface area contributed by atoms with Crippen molar-refractivity contribution < 1.29 is 14.6 Å². The molecule has 182 valence electrons. The van der Waals surface area contributed by atoms with Crippen LogP contribution >= 0.6 is 0 Å². The zero-order chi connectivity index (χ0) is 24.2. The minimum atomic E-state index is 0.0546. The Hall–Kier alpha value is -3.41. The number of hydrogen-bond acceptors (Lipinski definition) is 6. The van der Waals surface area contributed by atoms with Gasteiger partial charge in [0.15, 0.2) is 11.6 Å². The molecule has 0 bridgehead atoms. The number of allylic oxidation sites excluding steroid dienone is 1. The van der Waals surface area contributed by atoms with Crippen LogP contribution < -0.4 is 9.47 Å². The first-order valence-electron chi connectivity index (χ1n) is 12.8. The Morgan fingerprint density at radius 1 is 1.03 bits per heavy atom. The van der Waals surface area contributed by atoms with Gasteiger partial charge >= 0.3 is 6.01 Å². The average Bonchev–Trinajstić information content (AvgIpc) is 3.28. The highest BCUT2D eigenvalue weighted by Gasteiger charge is 2.36. The molecule has 2 aliphatic rings. The Balaban J connectivity index is 1.54. The van der Waals surface area contributed by atoms with Gasteiger partial charge in [-0.3, -0.25) is 0 Å². The van der Waals surface area contributed by atoms with Gasteiger partial charge < -0.3 is 14.6 Å². The topological polar surface area (TPSA) is 77.4 Å². The van der Waals surface area contributed by atoms with E-state index in [0.29, 0.717) is 35.7 Å². The average molecular weight is 472 g/mol. The molecule has 5 rings (SSSR count). The van der Waals surface area contributed by atoms with E-state index in [4.69, 9.17) is 19.4 Å². The number of benzene rings is 2. The van der Waals surface area contributed by atoms with Crippen molar-refractivity contribution in [3.8, 4) is 40.3 Å². The molecule has 3 unspecified atom stereocenters. The lowest BCUT2D eigenvalue weighted by Crippen LogP contribution is -2.18. The van der Waals surface area contributed by atoms with E-state index in [9.17, 15) is 5.11 Å². The molecule has 0 amide bonds. The number of fused-ring (bicyclic) bond motifs is 3. The third-order valence-corrected chi connectivity index (χ3v) is 7.06. The monoisotopic (exact) mass is 471 g/mol. The van der Waals surface area contributed by atoms with Gasteiger partial charge in [-0.2, -0.15) is 9.97 Å². The fourth-order valence-electron chi connectivity index (χ4n) is 4.96. The van der Waals surface area contributed by atoms with E-state index in [-0.39, 0.29) is 17.9 Å². The van der Waals surface area contributed by atoms with Crippen molar-refractivity contribution >= 4 is 0 Å². The number of aromatic hydroxyl groups is 1. The minimum Gasteiger partial charge on any atom is -0.507 e. The van der Waals surface area contributed by atoms with Crippen LogP contribution in [0, 0.1) is 5.92 Å². The lowest BCUT2D eigenvalue weighted by atomic mass is 9.87. The maximum atomic E-state index is 10.5. The Morgan fingerprint density at radius 2 is 1.83 bits per heavy atom. The second-order valence-corrected chi connectivity index (χ2v) is 9.43. The predicted octanol–water partition coefficient (Wildman–Crippen LogP) is 6.70. The molecular formula is C29H33N3O3. The number of phenolic OH excluding ortho intramolecular Hbond substituents is 1. The predicted molar refractivity (Wildman–Crippen MR) is 137 cm³/mol. The number of aromatic nitrogens is 3. The molecule has 3 atom stereocenters. The number of para-hydroxylation sites is 2. The van der Waals surface area contributed by atoms with Gasteiger partial charge in [-0.1, -0.05) is 63.5 Å². The van der Waals surface area contributed by atoms with Crippen LogP contribution in [-0.4, -0.2) is 32.8 Å². The minimum absolute atomic E-state index is 0.0546. The maximum Gasteiger partial charge on any atom is 0.320 e. The van der Waals surface area contributed by atoms with Crippen LogP contribution in [0.15, 0.2) is 54.6 Å². The lowest BCUT2D eigenvalue weighted by molar-refractivity contribution is 0.217. The third-order valence-electron chi connectivity index (χ3n) is 7.06. The Morgan fingerprint density at radius 3 is 2.63 bits per heavy atom. The standard InChI is InChI=1S/C29H33N3O3/c1-3-5-11-19(4-2)18-34-29-31-27(22-13-6-8-16-24(22)33)30-28(32-29)23-15-10-14-21-20-12-7-9-17-25(20)35-26(21)23/h6,8-10,13-17,19-20,25,33H,3-5,7,11-12,18H2,1-2H3. The second-order valence-electron chi connectivity index (χ2n) is 9.43. The van der Waals surface area contributed by atoms with E-state index >= 15 is 0 Å². The second kappa shape index (κ2) is 10.5. The molecule has 6 nitrogen and oxygen atoms in total. The first-order valence-corrected chi connectivity index (χ1v) is 12.8. The Bertz CT molecular complexity index is 1210. The van der Waals surface area contributed by atoms with Gasteiger partial charge in [0.25, 0.3) is 0 Å². The molecule has 0 radical (unpaired) electrons. The van der Waals surface area contributed by atoms with Crippen molar-refractivity contribution in [2.24, 2.45) is 5.92 Å². The summed E-state index contributed by atoms with van der Waals surface area (Å²) in [6.07, 6.45) is 11.1. The van der Waals surface area contributed by atoms with Gasteiger partial charge in [0.05, 0.1) is 17.7 Å². The molecule has 0 saturated carbocycles. The van der Waals surface area contributed by atoms with Gasteiger partial charge in [-0.15, -0.1) is 0 Å². The Kier molecular flexibility index (Phi) is 6.98. The van der Waals surface area contributed by atoms with Crippen LogP contribution in [-0.2, 0) is 0 Å². The number of unbranched alkanes of at least 4 members (excludes halogenated alkanes) is 1. The Labute approximate surface area is 207 Å². The van der Waals surface area contributed by atoms with Crippen LogP contribution in [0.3, 0.4) is 0 Å². The molecule has 35 heavy (non-hydrogen) atoms. The van der Waals surface area contributed by atoms with Crippen LogP contribution in [0.1, 0.15) is 63.9 Å². The van der Waals surface area contributed by atoms with Crippen molar-refractivity contribution in [3.63, 3.8) is 0 Å². The number of nitrogens with zero attached hydrogens (tertiary/aromatic N) is 3. The molecule has 1 aliphatic carbocycles. The van der Waals surface area contributed by atoms with Crippen LogP contribution in [0.5, 0.6) is 17.5 Å². The van der Waals surface area contributed by atoms with E-state index in [0.717, 1.165) is 37.0 Å². The summed E-state index contributed by atoms with van der Waals surface area (Å²) in [6.45, 7) is 4.95. The van der Waals surface area contributed by atoms with Gasteiger partial charge in [-0.25, -0.2) is 4.98 Å². The van der Waals surface area contributed by atoms with E-state index in [1.165, 1.54) is 18.4 Å². The summed E-state index contributed by atoms with van der Waals surface area (Å²) >= 11 is 0. The number of rotatable bonds is 9. The van der Waals surface area contributed by atoms with Crippen LogP contribution in [0.4, 0.5) is 0 Å². The SMILES string of the molecule is CCCCC(CC)COc1nc(-c2ccccc2O)nc(-c2cccc3c2OC2C=CCCC32)n1. The van der Waals surface area contributed by atoms with Crippen molar-refractivity contribution in [2.75, 3.05) is 6.61 Å². The fraction of sp³-hybridized carbons (Fsp3) is 0.414. The number of hydrogen-bond donors (Lipinski definition) is 1. The highest BCUT2D eigenvalue weighted by molar-refractivity contribution is 5.71. The zero-order valence-corrected chi connectivity index (χ0v) is 20.5. The molecule has 2 heterocycles. The van der Waals surface area contributed by atoms with Crippen molar-refractivity contribution in [1.29, 1.82) is 0 Å². The third kappa shape index (κ3) is 4.88. The first kappa shape index (κ1) is 23.3. The summed E-state index contributed by atoms with van der Waals surface area (Å²) in [4.78, 5) is 14.1. The highest BCUT2D eigenvalue weighted by Crippen LogP contribution is 2.47. The fourth-order valence-corrected chi connectivity index (χ4v) is 4.96. The number of phenols is 1. The summed E-state index contributed by atoms with van der Waals surface area (Å²) < 4.78 is 12.5. The van der Waals surface area contributed by atoms with Crippen molar-refractivity contribution in [1.82, 2.24) is 15.0 Å². The molecule has 6 heteroatoms. The van der Waals surface area contributed by atoms with E-state index in [1.807, 2.05) is 18.2 Å². The van der Waals surface area contributed by atoms with E-state index < -0.39 is 0 Å². The largest absolute Gasteiger partial charge is 0.507 e. The van der Waals surface area contributed by atoms with Crippen molar-refractivity contribution in [2.45, 2.75) is 64.4 Å². The maximum absolute atomic E-state index is 10.5. The summed E-state index contributed by atoms with van der Waals surface area (Å²) in [5.41, 5.74) is 2.57. The summed E-state index contributed by atoms with van der Waals surface area (Å²) in [5.74, 6) is 2.64. The summed E-state index contributed by atoms with van der Waals surface area (Å²) in [6, 6.07) is 13.5. The summed E-state index contributed by atoms with van der Waals surface area (Å²) in [5, 5.41) is 10.5. The lowest BCUT2D eigenvalue weighted by Gasteiger charge is -2.18.